The normalized spacial score (nSPS) is 18.6. The number of pyridine rings is 1. The topological polar surface area (TPSA) is 95.5 Å². The summed E-state index contributed by atoms with van der Waals surface area (Å²) in [6.07, 6.45) is 2.79. The lowest BCUT2D eigenvalue weighted by Gasteiger charge is -2.44. The molecule has 0 aliphatic carbocycles. The Labute approximate surface area is 229 Å². The van der Waals surface area contributed by atoms with Crippen LogP contribution in [0.4, 0.5) is 21.9 Å². The summed E-state index contributed by atoms with van der Waals surface area (Å²) in [7, 11) is 0. The predicted octanol–water partition coefficient (Wildman–Crippen LogP) is 5.21. The van der Waals surface area contributed by atoms with E-state index in [4.69, 9.17) is 0 Å². The number of hydrogen-bond donors (Lipinski definition) is 3. The highest BCUT2D eigenvalue weighted by atomic mass is 16.2. The van der Waals surface area contributed by atoms with Crippen LogP contribution in [0.3, 0.4) is 0 Å². The van der Waals surface area contributed by atoms with Crippen molar-refractivity contribution in [1.82, 2.24) is 9.88 Å². The fraction of sp³-hybridized carbons (Fsp3) is 0.387. The Kier molecular flexibility index (Phi) is 7.72. The molecule has 3 heterocycles. The number of benzene rings is 2. The summed E-state index contributed by atoms with van der Waals surface area (Å²) in [5, 5.41) is 8.94. The maximum absolute atomic E-state index is 13.1. The Morgan fingerprint density at radius 1 is 0.974 bits per heavy atom. The summed E-state index contributed by atoms with van der Waals surface area (Å²) in [5.74, 6) is 0.375. The van der Waals surface area contributed by atoms with E-state index >= 15 is 0 Å². The zero-order valence-electron chi connectivity index (χ0n) is 22.9. The number of urea groups is 1. The van der Waals surface area contributed by atoms with Crippen LogP contribution in [-0.4, -0.2) is 35.6 Å². The van der Waals surface area contributed by atoms with E-state index in [2.05, 4.69) is 27.8 Å². The summed E-state index contributed by atoms with van der Waals surface area (Å²) < 4.78 is 1.91. The van der Waals surface area contributed by atoms with Crippen LogP contribution in [0.5, 0.6) is 0 Å². The highest BCUT2D eigenvalue weighted by Gasteiger charge is 2.35. The predicted molar refractivity (Wildman–Crippen MR) is 156 cm³/mol. The molecule has 2 aromatic carbocycles. The molecule has 1 aromatic heterocycles. The highest BCUT2D eigenvalue weighted by Crippen LogP contribution is 2.39. The molecule has 8 heteroatoms. The van der Waals surface area contributed by atoms with Gasteiger partial charge in [0.25, 0.3) is 11.5 Å². The van der Waals surface area contributed by atoms with Crippen molar-refractivity contribution in [2.45, 2.75) is 58.5 Å². The van der Waals surface area contributed by atoms with Crippen LogP contribution in [-0.2, 0) is 13.0 Å². The molecule has 204 valence electrons. The second-order valence-electron chi connectivity index (χ2n) is 10.7. The van der Waals surface area contributed by atoms with Gasteiger partial charge >= 0.3 is 6.03 Å². The number of amides is 3. The molecule has 0 radical (unpaired) electrons. The van der Waals surface area contributed by atoms with Crippen LogP contribution >= 0.6 is 0 Å². The minimum absolute atomic E-state index is 0.0490. The Morgan fingerprint density at radius 3 is 2.51 bits per heavy atom. The SMILES string of the molecule is CCc1ccc(NC(=O)Nc2cc(C(=O)N[C@H](C)CC)ccc2N2C[C@H]3C[C@@H](C2)c2cccc(=O)n2C3)cc1. The molecule has 2 aliphatic heterocycles. The van der Waals surface area contributed by atoms with Crippen molar-refractivity contribution in [2.24, 2.45) is 5.92 Å². The van der Waals surface area contributed by atoms with Gasteiger partial charge in [-0.15, -0.1) is 0 Å². The molecular formula is C31H37N5O3. The zero-order valence-corrected chi connectivity index (χ0v) is 22.9. The standard InChI is InChI=1S/C31H37N5O3/c1-4-20(3)32-30(38)23-11-14-28(26(16-23)34-31(39)33-25-12-9-21(5-2)10-13-25)35-17-22-15-24(19-35)27-7-6-8-29(37)36(27)18-22/h6-14,16,20,22,24H,4-5,15,17-19H2,1-3H3,(H,32,38)(H2,33,34,39)/t20-,22-,24+/m1/s1. The van der Waals surface area contributed by atoms with Gasteiger partial charge in [-0.2, -0.15) is 0 Å². The van der Waals surface area contributed by atoms with E-state index in [0.717, 1.165) is 43.7 Å². The molecule has 39 heavy (non-hydrogen) atoms. The van der Waals surface area contributed by atoms with Crippen molar-refractivity contribution in [3.63, 3.8) is 0 Å². The first kappa shape index (κ1) is 26.5. The van der Waals surface area contributed by atoms with Gasteiger partial charge in [0.05, 0.1) is 11.4 Å². The minimum atomic E-state index is -0.367. The summed E-state index contributed by atoms with van der Waals surface area (Å²) in [6, 6.07) is 18.5. The van der Waals surface area contributed by atoms with Gasteiger partial charge in [-0.3, -0.25) is 9.59 Å². The third-order valence-corrected chi connectivity index (χ3v) is 7.94. The Morgan fingerprint density at radius 2 is 1.77 bits per heavy atom. The van der Waals surface area contributed by atoms with Crippen LogP contribution < -0.4 is 26.4 Å². The number of anilines is 3. The van der Waals surface area contributed by atoms with E-state index in [-0.39, 0.29) is 29.5 Å². The van der Waals surface area contributed by atoms with E-state index in [1.54, 1.807) is 12.1 Å². The van der Waals surface area contributed by atoms with Gasteiger partial charge in [-0.05, 0) is 74.1 Å². The van der Waals surface area contributed by atoms with Gasteiger partial charge in [0.15, 0.2) is 0 Å². The minimum Gasteiger partial charge on any atom is -0.369 e. The number of carbonyl (C=O) groups excluding carboxylic acids is 2. The van der Waals surface area contributed by atoms with Crippen LogP contribution in [0, 0.1) is 5.92 Å². The molecule has 2 aliphatic rings. The zero-order chi connectivity index (χ0) is 27.5. The first-order valence-electron chi connectivity index (χ1n) is 13.9. The van der Waals surface area contributed by atoms with E-state index < -0.39 is 0 Å². The van der Waals surface area contributed by atoms with Crippen molar-refractivity contribution >= 4 is 29.0 Å². The van der Waals surface area contributed by atoms with Gasteiger partial charge < -0.3 is 25.4 Å². The van der Waals surface area contributed by atoms with Crippen LogP contribution in [0.25, 0.3) is 0 Å². The lowest BCUT2D eigenvalue weighted by atomic mass is 9.83. The number of aryl methyl sites for hydroxylation is 1. The quantitative estimate of drug-likeness (QED) is 0.393. The van der Waals surface area contributed by atoms with Crippen LogP contribution in [0.1, 0.15) is 61.1 Å². The van der Waals surface area contributed by atoms with Crippen molar-refractivity contribution in [3.8, 4) is 0 Å². The molecule has 1 fully saturated rings. The Hall–Kier alpha value is -4.07. The number of carbonyl (C=O) groups is 2. The molecule has 1 saturated heterocycles. The average Bonchev–Trinajstić information content (AvgIpc) is 2.93. The molecule has 0 unspecified atom stereocenters. The third kappa shape index (κ3) is 5.85. The first-order chi connectivity index (χ1) is 18.8. The summed E-state index contributed by atoms with van der Waals surface area (Å²) in [4.78, 5) is 40.8. The second kappa shape index (κ2) is 11.4. The fourth-order valence-electron chi connectivity index (χ4n) is 5.66. The number of fused-ring (bicyclic) bond motifs is 4. The molecule has 8 nitrogen and oxygen atoms in total. The monoisotopic (exact) mass is 527 g/mol. The smallest absolute Gasteiger partial charge is 0.323 e. The molecule has 3 amide bonds. The average molecular weight is 528 g/mol. The van der Waals surface area contributed by atoms with E-state index in [9.17, 15) is 14.4 Å². The largest absolute Gasteiger partial charge is 0.369 e. The number of rotatable bonds is 7. The van der Waals surface area contributed by atoms with Gasteiger partial charge in [-0.1, -0.05) is 32.0 Å². The van der Waals surface area contributed by atoms with Gasteiger partial charge in [0, 0.05) is 54.6 Å². The molecule has 3 aromatic rings. The van der Waals surface area contributed by atoms with Crippen molar-refractivity contribution < 1.29 is 9.59 Å². The van der Waals surface area contributed by atoms with Crippen molar-refractivity contribution in [1.29, 1.82) is 0 Å². The van der Waals surface area contributed by atoms with Crippen molar-refractivity contribution in [2.75, 3.05) is 28.6 Å². The summed E-state index contributed by atoms with van der Waals surface area (Å²) in [6.45, 7) is 8.27. The second-order valence-corrected chi connectivity index (χ2v) is 10.7. The van der Waals surface area contributed by atoms with E-state index in [0.29, 0.717) is 29.4 Å². The van der Waals surface area contributed by atoms with Crippen LogP contribution in [0.15, 0.2) is 65.5 Å². The van der Waals surface area contributed by atoms with Gasteiger partial charge in [-0.25, -0.2) is 4.79 Å². The number of nitrogens with zero attached hydrogens (tertiary/aromatic N) is 2. The molecular weight excluding hydrogens is 490 g/mol. The Bertz CT molecular complexity index is 1410. The lowest BCUT2D eigenvalue weighted by molar-refractivity contribution is 0.0939. The molecule has 3 N–H and O–H groups in total. The van der Waals surface area contributed by atoms with Crippen molar-refractivity contribution in [3.05, 3.63) is 87.8 Å². The summed E-state index contributed by atoms with van der Waals surface area (Å²) in [5.41, 5.74) is 4.96. The number of aromatic nitrogens is 1. The first-order valence-corrected chi connectivity index (χ1v) is 13.9. The molecule has 2 bridgehead atoms. The molecule has 0 saturated carbocycles. The molecule has 5 rings (SSSR count). The summed E-state index contributed by atoms with van der Waals surface area (Å²) >= 11 is 0. The Balaban J connectivity index is 1.42. The van der Waals surface area contributed by atoms with Gasteiger partial charge in [0.1, 0.15) is 0 Å². The third-order valence-electron chi connectivity index (χ3n) is 7.94. The van der Waals surface area contributed by atoms with Gasteiger partial charge in [0.2, 0.25) is 0 Å². The number of piperidine rings is 1. The maximum atomic E-state index is 13.1. The van der Waals surface area contributed by atoms with E-state index in [1.165, 1.54) is 5.56 Å². The highest BCUT2D eigenvalue weighted by molar-refractivity contribution is 6.04. The van der Waals surface area contributed by atoms with Crippen LogP contribution in [0.2, 0.25) is 0 Å². The van der Waals surface area contributed by atoms with E-state index in [1.807, 2.05) is 66.9 Å². The number of nitrogens with one attached hydrogen (secondary N) is 3. The fourth-order valence-corrected chi connectivity index (χ4v) is 5.66. The number of hydrogen-bond acceptors (Lipinski definition) is 4. The maximum Gasteiger partial charge on any atom is 0.323 e. The lowest BCUT2D eigenvalue weighted by Crippen LogP contribution is -2.47. The molecule has 0 spiro atoms. The molecule has 3 atom stereocenters.